The fourth-order valence-electron chi connectivity index (χ4n) is 4.78. The maximum Gasteiger partial charge on any atom is 0.261 e. The molecule has 1 aliphatic rings. The zero-order chi connectivity index (χ0) is 32.4. The van der Waals surface area contributed by atoms with Crippen molar-refractivity contribution in [1.29, 1.82) is 0 Å². The zero-order valence-corrected chi connectivity index (χ0v) is 25.1. The molecule has 8 rings (SSSR count). The molecule has 2 amide bonds. The number of fused-ring (bicyclic) bond motifs is 4. The lowest BCUT2D eigenvalue weighted by Gasteiger charge is -2.11. The number of carbonyl (C=O) groups is 2. The Bertz CT molecular complexity index is 2120. The standard InChI is InChI=1S/C16H9FN2O3.C8H5BrFNO.C8H7FN2O/c17-9-5-6-12-13(18-22-14(12)7-9)8-19-15(20)10-3-1-2-4-11(10)16(19)21;9-4-7-6-2-1-5(10)3-8(6)12-11-7;9-5-1-2-6-7(4-10)11-12-8(6)3-5/h1-7H,8H2;1-3H,4H2;1-3H,4,10H2. The third-order valence-corrected chi connectivity index (χ3v) is 7.56. The Morgan fingerprint density at radius 1 is 0.630 bits per heavy atom. The largest absolute Gasteiger partial charge is 0.356 e. The number of alkyl halides is 1. The van der Waals surface area contributed by atoms with Gasteiger partial charge in [-0.15, -0.1) is 0 Å². The third kappa shape index (κ3) is 5.99. The van der Waals surface area contributed by atoms with Gasteiger partial charge in [-0.1, -0.05) is 43.5 Å². The summed E-state index contributed by atoms with van der Waals surface area (Å²) < 4.78 is 53.2. The normalized spacial score (nSPS) is 12.3. The molecule has 2 N–H and O–H groups in total. The van der Waals surface area contributed by atoms with Crippen molar-refractivity contribution in [3.05, 3.63) is 125 Å². The molecule has 3 aromatic heterocycles. The van der Waals surface area contributed by atoms with Crippen LogP contribution < -0.4 is 5.73 Å². The smallest absolute Gasteiger partial charge is 0.261 e. The first-order valence-electron chi connectivity index (χ1n) is 13.6. The van der Waals surface area contributed by atoms with E-state index in [-0.39, 0.29) is 35.6 Å². The van der Waals surface area contributed by atoms with Gasteiger partial charge in [0.2, 0.25) is 0 Å². The molecule has 232 valence electrons. The van der Waals surface area contributed by atoms with Crippen LogP contribution in [0.2, 0.25) is 0 Å². The topological polar surface area (TPSA) is 141 Å². The van der Waals surface area contributed by atoms with Crippen molar-refractivity contribution in [2.24, 2.45) is 5.73 Å². The number of nitrogens with two attached hydrogens (primary N) is 1. The Hall–Kier alpha value is -5.34. The van der Waals surface area contributed by atoms with Gasteiger partial charge in [-0.3, -0.25) is 14.5 Å². The van der Waals surface area contributed by atoms with Gasteiger partial charge in [0, 0.05) is 46.2 Å². The van der Waals surface area contributed by atoms with E-state index in [0.717, 1.165) is 21.4 Å². The first-order chi connectivity index (χ1) is 22.3. The first-order valence-corrected chi connectivity index (χ1v) is 14.7. The summed E-state index contributed by atoms with van der Waals surface area (Å²) in [6.07, 6.45) is 0. The molecular weight excluding hydrogens is 671 g/mol. The van der Waals surface area contributed by atoms with Gasteiger partial charge >= 0.3 is 0 Å². The number of halogens is 4. The number of carbonyl (C=O) groups excluding carboxylic acids is 2. The maximum absolute atomic E-state index is 13.1. The quantitative estimate of drug-likeness (QED) is 0.152. The van der Waals surface area contributed by atoms with Gasteiger partial charge < -0.3 is 19.3 Å². The molecule has 0 saturated carbocycles. The Morgan fingerprint density at radius 2 is 1.04 bits per heavy atom. The minimum atomic E-state index is -0.434. The molecular formula is C32H21BrF3N5O5. The molecule has 0 spiro atoms. The van der Waals surface area contributed by atoms with Crippen molar-refractivity contribution >= 4 is 60.7 Å². The van der Waals surface area contributed by atoms with E-state index in [4.69, 9.17) is 19.3 Å². The molecule has 0 aliphatic carbocycles. The van der Waals surface area contributed by atoms with E-state index in [0.29, 0.717) is 50.9 Å². The van der Waals surface area contributed by atoms with E-state index in [1.807, 2.05) is 0 Å². The predicted molar refractivity (Wildman–Crippen MR) is 163 cm³/mol. The summed E-state index contributed by atoms with van der Waals surface area (Å²) in [5, 5.41) is 14.1. The molecule has 0 fully saturated rings. The van der Waals surface area contributed by atoms with Crippen molar-refractivity contribution in [1.82, 2.24) is 20.4 Å². The van der Waals surface area contributed by atoms with E-state index in [1.54, 1.807) is 36.4 Å². The van der Waals surface area contributed by atoms with Crippen molar-refractivity contribution in [3.8, 4) is 0 Å². The summed E-state index contributed by atoms with van der Waals surface area (Å²) in [7, 11) is 0. The number of amides is 2. The van der Waals surface area contributed by atoms with Gasteiger partial charge in [-0.25, -0.2) is 13.2 Å². The number of rotatable bonds is 4. The molecule has 46 heavy (non-hydrogen) atoms. The monoisotopic (exact) mass is 691 g/mol. The predicted octanol–water partition coefficient (Wildman–Crippen LogP) is 7.05. The van der Waals surface area contributed by atoms with E-state index in [2.05, 4.69) is 31.4 Å². The van der Waals surface area contributed by atoms with Crippen LogP contribution >= 0.6 is 15.9 Å². The summed E-state index contributed by atoms with van der Waals surface area (Å²) >= 11 is 3.26. The fraction of sp³-hybridized carbons (Fsp3) is 0.0938. The second-order valence-electron chi connectivity index (χ2n) is 9.89. The number of imide groups is 1. The van der Waals surface area contributed by atoms with Gasteiger partial charge in [-0.05, 0) is 48.5 Å². The van der Waals surface area contributed by atoms with Crippen LogP contribution in [-0.4, -0.2) is 32.2 Å². The van der Waals surface area contributed by atoms with E-state index < -0.39 is 5.82 Å². The number of nitrogens with zero attached hydrogens (tertiary/aromatic N) is 4. The summed E-state index contributed by atoms with van der Waals surface area (Å²) in [5.41, 5.74) is 9.23. The van der Waals surface area contributed by atoms with Gasteiger partial charge in [-0.2, -0.15) is 0 Å². The lowest BCUT2D eigenvalue weighted by Crippen LogP contribution is -2.29. The van der Waals surface area contributed by atoms with E-state index in [9.17, 15) is 22.8 Å². The summed E-state index contributed by atoms with van der Waals surface area (Å²) in [6, 6.07) is 19.3. The van der Waals surface area contributed by atoms with Crippen molar-refractivity contribution < 1.29 is 36.3 Å². The van der Waals surface area contributed by atoms with Gasteiger partial charge in [0.15, 0.2) is 16.7 Å². The van der Waals surface area contributed by atoms with E-state index in [1.165, 1.54) is 42.5 Å². The molecule has 7 aromatic rings. The molecule has 0 unspecified atom stereocenters. The van der Waals surface area contributed by atoms with Crippen LogP contribution in [0.3, 0.4) is 0 Å². The Balaban J connectivity index is 0.000000132. The second-order valence-corrected chi connectivity index (χ2v) is 10.4. The molecule has 0 bridgehead atoms. The number of benzene rings is 4. The molecule has 0 saturated heterocycles. The molecule has 4 heterocycles. The number of aromatic nitrogens is 3. The van der Waals surface area contributed by atoms with Crippen LogP contribution in [0.1, 0.15) is 37.8 Å². The molecule has 0 radical (unpaired) electrons. The summed E-state index contributed by atoms with van der Waals surface area (Å²) in [4.78, 5) is 25.7. The second kappa shape index (κ2) is 12.9. The average molecular weight is 692 g/mol. The lowest BCUT2D eigenvalue weighted by molar-refractivity contribution is 0.0639. The van der Waals surface area contributed by atoms with Gasteiger partial charge in [0.05, 0.1) is 17.7 Å². The van der Waals surface area contributed by atoms with E-state index >= 15 is 0 Å². The van der Waals surface area contributed by atoms with Gasteiger partial charge in [0.25, 0.3) is 11.8 Å². The van der Waals surface area contributed by atoms with Crippen LogP contribution in [0.25, 0.3) is 32.9 Å². The van der Waals surface area contributed by atoms with Crippen molar-refractivity contribution in [2.45, 2.75) is 18.4 Å². The maximum atomic E-state index is 13.1. The highest BCUT2D eigenvalue weighted by atomic mass is 79.9. The van der Waals surface area contributed by atoms with Crippen LogP contribution in [-0.2, 0) is 18.4 Å². The highest BCUT2D eigenvalue weighted by molar-refractivity contribution is 9.08. The fourth-order valence-corrected chi connectivity index (χ4v) is 5.19. The number of hydrogen-bond acceptors (Lipinski definition) is 9. The minimum Gasteiger partial charge on any atom is -0.356 e. The Kier molecular flexibility index (Phi) is 8.63. The lowest BCUT2D eigenvalue weighted by atomic mass is 10.1. The highest BCUT2D eigenvalue weighted by Crippen LogP contribution is 2.27. The minimum absolute atomic E-state index is 0.00895. The Labute approximate surface area is 265 Å². The molecule has 1 aliphatic heterocycles. The van der Waals surface area contributed by atoms with Crippen molar-refractivity contribution in [2.75, 3.05) is 0 Å². The SMILES string of the molecule is Fc1ccc2c(CBr)noc2c1.NCc1noc2cc(F)ccc12.O=C1c2ccccc2C(=O)N1Cc1noc2cc(F)ccc12. The average Bonchev–Trinajstić information content (AvgIpc) is 3.83. The van der Waals surface area contributed by atoms with Crippen molar-refractivity contribution in [3.63, 3.8) is 0 Å². The molecule has 4 aromatic carbocycles. The third-order valence-electron chi connectivity index (χ3n) is 7.03. The summed E-state index contributed by atoms with van der Waals surface area (Å²) in [6.45, 7) is 0.295. The molecule has 10 nitrogen and oxygen atoms in total. The zero-order valence-electron chi connectivity index (χ0n) is 23.5. The molecule has 0 atom stereocenters. The van der Waals surface area contributed by atoms with Crippen LogP contribution in [0.5, 0.6) is 0 Å². The first kappa shape index (κ1) is 30.7. The van der Waals surface area contributed by atoms with Crippen LogP contribution in [0, 0.1) is 17.5 Å². The Morgan fingerprint density at radius 3 is 1.50 bits per heavy atom. The highest BCUT2D eigenvalue weighted by Gasteiger charge is 2.35. The molecule has 14 heteroatoms. The number of hydrogen-bond donors (Lipinski definition) is 1. The summed E-state index contributed by atoms with van der Waals surface area (Å²) in [5.74, 6) is -1.80. The van der Waals surface area contributed by atoms with Gasteiger partial charge in [0.1, 0.15) is 34.5 Å². The van der Waals surface area contributed by atoms with Crippen LogP contribution in [0.4, 0.5) is 13.2 Å². The van der Waals surface area contributed by atoms with Crippen LogP contribution in [0.15, 0.2) is 92.4 Å².